The zero-order valence-electron chi connectivity index (χ0n) is 9.81. The number of ether oxygens (including phenoxy) is 1. The maximum atomic E-state index is 11.6. The van der Waals surface area contributed by atoms with E-state index in [1.165, 1.54) is 4.57 Å². The smallest absolute Gasteiger partial charge is 0.351 e. The van der Waals surface area contributed by atoms with Gasteiger partial charge in [0.25, 0.3) is 0 Å². The first-order valence-corrected chi connectivity index (χ1v) is 5.32. The predicted molar refractivity (Wildman–Crippen MR) is 66.5 cm³/mol. The summed E-state index contributed by atoms with van der Waals surface area (Å²) in [4.78, 5) is 15.3. The van der Waals surface area contributed by atoms with Gasteiger partial charge >= 0.3 is 5.69 Å². The number of anilines is 1. The number of halogens is 1. The van der Waals surface area contributed by atoms with Crippen molar-refractivity contribution < 1.29 is 14.9 Å². The van der Waals surface area contributed by atoms with Crippen molar-refractivity contribution in [2.45, 2.75) is 31.8 Å². The average Bonchev–Trinajstić information content (AvgIpc) is 2.65. The highest BCUT2D eigenvalue weighted by Crippen LogP contribution is 2.27. The van der Waals surface area contributed by atoms with Crippen LogP contribution in [0.1, 0.15) is 18.2 Å². The standard InChI is InChI=1S/C10H15N3O4.ClH/c1-5-3-13(10(16)12-9(5)11)8-2-6(15)7(4-14)17-8;/h3,6-8,14-15H,2,4H2,1H3,(H2,11,12,16);1H/t6-,7-,8-;/m1./s1. The van der Waals surface area contributed by atoms with Crippen LogP contribution in [-0.4, -0.2) is 38.6 Å². The molecule has 2 rings (SSSR count). The highest BCUT2D eigenvalue weighted by Gasteiger charge is 2.35. The zero-order chi connectivity index (χ0) is 12.6. The van der Waals surface area contributed by atoms with Gasteiger partial charge in [-0.25, -0.2) is 4.79 Å². The summed E-state index contributed by atoms with van der Waals surface area (Å²) in [5.41, 5.74) is 5.65. The van der Waals surface area contributed by atoms with Gasteiger partial charge < -0.3 is 20.7 Å². The molecule has 1 aromatic heterocycles. The van der Waals surface area contributed by atoms with E-state index in [9.17, 15) is 9.90 Å². The van der Waals surface area contributed by atoms with Gasteiger partial charge in [-0.2, -0.15) is 4.98 Å². The quantitative estimate of drug-likeness (QED) is 0.652. The second-order valence-electron chi connectivity index (χ2n) is 4.11. The molecule has 2 heterocycles. The molecular weight excluding hydrogens is 262 g/mol. The van der Waals surface area contributed by atoms with E-state index in [0.29, 0.717) is 5.56 Å². The Bertz CT molecular complexity index is 479. The Labute approximate surface area is 110 Å². The lowest BCUT2D eigenvalue weighted by molar-refractivity contribution is -0.0459. The molecule has 102 valence electrons. The number of rotatable bonds is 2. The Morgan fingerprint density at radius 1 is 1.67 bits per heavy atom. The second-order valence-corrected chi connectivity index (χ2v) is 4.11. The normalized spacial score (nSPS) is 26.9. The third kappa shape index (κ3) is 2.64. The van der Waals surface area contributed by atoms with E-state index in [0.717, 1.165) is 0 Å². The van der Waals surface area contributed by atoms with Crippen molar-refractivity contribution in [3.05, 3.63) is 22.2 Å². The van der Waals surface area contributed by atoms with Gasteiger partial charge in [0.05, 0.1) is 12.7 Å². The first-order chi connectivity index (χ1) is 8.02. The molecule has 3 atom stereocenters. The molecule has 0 amide bonds. The van der Waals surface area contributed by atoms with Crippen LogP contribution in [0.4, 0.5) is 5.82 Å². The molecule has 4 N–H and O–H groups in total. The number of aliphatic hydroxyl groups is 2. The van der Waals surface area contributed by atoms with Crippen molar-refractivity contribution in [2.24, 2.45) is 0 Å². The number of aromatic nitrogens is 2. The summed E-state index contributed by atoms with van der Waals surface area (Å²) in [6.45, 7) is 1.45. The number of nitrogen functional groups attached to an aromatic ring is 1. The predicted octanol–water partition coefficient (Wildman–Crippen LogP) is -0.804. The number of aliphatic hydroxyl groups excluding tert-OH is 2. The second kappa shape index (κ2) is 5.66. The lowest BCUT2D eigenvalue weighted by atomic mass is 10.2. The molecule has 0 radical (unpaired) electrons. The number of nitrogens with two attached hydrogens (primary N) is 1. The minimum Gasteiger partial charge on any atom is -0.394 e. The van der Waals surface area contributed by atoms with E-state index in [4.69, 9.17) is 15.6 Å². The van der Waals surface area contributed by atoms with Crippen LogP contribution in [-0.2, 0) is 4.74 Å². The lowest BCUT2D eigenvalue weighted by Crippen LogP contribution is -2.28. The maximum absolute atomic E-state index is 11.6. The van der Waals surface area contributed by atoms with E-state index in [1.54, 1.807) is 13.1 Å². The summed E-state index contributed by atoms with van der Waals surface area (Å²) >= 11 is 0. The van der Waals surface area contributed by atoms with Gasteiger partial charge in [0.1, 0.15) is 18.1 Å². The molecule has 1 saturated heterocycles. The Morgan fingerprint density at radius 2 is 2.33 bits per heavy atom. The molecule has 18 heavy (non-hydrogen) atoms. The van der Waals surface area contributed by atoms with Gasteiger partial charge in [0, 0.05) is 18.2 Å². The molecule has 0 spiro atoms. The minimum absolute atomic E-state index is 0. The molecule has 0 aliphatic carbocycles. The molecule has 1 aliphatic rings. The monoisotopic (exact) mass is 277 g/mol. The molecule has 0 bridgehead atoms. The van der Waals surface area contributed by atoms with Crippen molar-refractivity contribution in [2.75, 3.05) is 12.3 Å². The molecular formula is C10H16ClN3O4. The van der Waals surface area contributed by atoms with Gasteiger partial charge in [0.15, 0.2) is 0 Å². The van der Waals surface area contributed by atoms with Gasteiger partial charge in [-0.15, -0.1) is 12.4 Å². The topological polar surface area (TPSA) is 111 Å². The van der Waals surface area contributed by atoms with Crippen molar-refractivity contribution >= 4 is 18.2 Å². The molecule has 0 aromatic carbocycles. The zero-order valence-corrected chi connectivity index (χ0v) is 10.6. The molecule has 0 unspecified atom stereocenters. The van der Waals surface area contributed by atoms with Crippen LogP contribution < -0.4 is 11.4 Å². The SMILES string of the molecule is Cc1cn([C@H]2C[C@@H](O)[C@@H](CO)O2)c(=O)nc1N.Cl. The summed E-state index contributed by atoms with van der Waals surface area (Å²) in [6.07, 6.45) is -0.265. The summed E-state index contributed by atoms with van der Waals surface area (Å²) in [7, 11) is 0. The summed E-state index contributed by atoms with van der Waals surface area (Å²) in [5.74, 6) is 0.184. The highest BCUT2D eigenvalue weighted by molar-refractivity contribution is 5.85. The average molecular weight is 278 g/mol. The van der Waals surface area contributed by atoms with E-state index in [-0.39, 0.29) is 31.3 Å². The summed E-state index contributed by atoms with van der Waals surface area (Å²) in [5, 5.41) is 18.6. The third-order valence-electron chi connectivity index (χ3n) is 2.87. The number of nitrogens with zero attached hydrogens (tertiary/aromatic N) is 2. The number of hydrogen-bond donors (Lipinski definition) is 3. The Morgan fingerprint density at radius 3 is 2.89 bits per heavy atom. The van der Waals surface area contributed by atoms with Crippen molar-refractivity contribution in [3.8, 4) is 0 Å². The van der Waals surface area contributed by atoms with E-state index < -0.39 is 24.1 Å². The van der Waals surface area contributed by atoms with Crippen LogP contribution in [0.2, 0.25) is 0 Å². The fourth-order valence-corrected chi connectivity index (χ4v) is 1.84. The van der Waals surface area contributed by atoms with Gasteiger partial charge in [0.2, 0.25) is 0 Å². The third-order valence-corrected chi connectivity index (χ3v) is 2.87. The van der Waals surface area contributed by atoms with Crippen LogP contribution in [0.5, 0.6) is 0 Å². The molecule has 1 aliphatic heterocycles. The van der Waals surface area contributed by atoms with E-state index >= 15 is 0 Å². The van der Waals surface area contributed by atoms with E-state index in [2.05, 4.69) is 4.98 Å². The Kier molecular flexibility index (Phi) is 4.69. The largest absolute Gasteiger partial charge is 0.394 e. The van der Waals surface area contributed by atoms with Gasteiger partial charge in [-0.05, 0) is 6.92 Å². The van der Waals surface area contributed by atoms with Crippen LogP contribution in [0, 0.1) is 6.92 Å². The van der Waals surface area contributed by atoms with Crippen LogP contribution >= 0.6 is 12.4 Å². The Balaban J connectivity index is 0.00000162. The summed E-state index contributed by atoms with van der Waals surface area (Å²) < 4.78 is 6.65. The maximum Gasteiger partial charge on any atom is 0.351 e. The highest BCUT2D eigenvalue weighted by atomic mass is 35.5. The molecule has 1 aromatic rings. The van der Waals surface area contributed by atoms with Crippen LogP contribution in [0.15, 0.2) is 11.0 Å². The first kappa shape index (κ1) is 14.9. The molecule has 1 fully saturated rings. The molecule has 7 nitrogen and oxygen atoms in total. The van der Waals surface area contributed by atoms with Crippen molar-refractivity contribution in [1.29, 1.82) is 0 Å². The first-order valence-electron chi connectivity index (χ1n) is 5.32. The number of aryl methyl sites for hydroxylation is 1. The molecule has 0 saturated carbocycles. The van der Waals surface area contributed by atoms with Gasteiger partial charge in [-0.1, -0.05) is 0 Å². The lowest BCUT2D eigenvalue weighted by Gasteiger charge is -2.15. The fraction of sp³-hybridized carbons (Fsp3) is 0.600. The Hall–Kier alpha value is -1.15. The van der Waals surface area contributed by atoms with Crippen molar-refractivity contribution in [1.82, 2.24) is 9.55 Å². The van der Waals surface area contributed by atoms with Crippen molar-refractivity contribution in [3.63, 3.8) is 0 Å². The van der Waals surface area contributed by atoms with Crippen LogP contribution in [0.3, 0.4) is 0 Å². The van der Waals surface area contributed by atoms with E-state index in [1.807, 2.05) is 0 Å². The minimum atomic E-state index is -0.783. The van der Waals surface area contributed by atoms with Gasteiger partial charge in [-0.3, -0.25) is 4.57 Å². The molecule has 8 heteroatoms. The fourth-order valence-electron chi connectivity index (χ4n) is 1.84. The van der Waals surface area contributed by atoms with Crippen LogP contribution in [0.25, 0.3) is 0 Å². The summed E-state index contributed by atoms with van der Waals surface area (Å²) in [6, 6.07) is 0. The number of hydrogen-bond acceptors (Lipinski definition) is 6.